The van der Waals surface area contributed by atoms with Gasteiger partial charge in [-0.2, -0.15) is 13.2 Å². The van der Waals surface area contributed by atoms with Crippen LogP contribution in [0.3, 0.4) is 0 Å². The summed E-state index contributed by atoms with van der Waals surface area (Å²) in [4.78, 5) is 21.6. The third kappa shape index (κ3) is 2.55. The van der Waals surface area contributed by atoms with Gasteiger partial charge in [0, 0.05) is 0 Å². The van der Waals surface area contributed by atoms with Crippen molar-refractivity contribution in [2.24, 2.45) is 0 Å². The van der Waals surface area contributed by atoms with Crippen LogP contribution < -0.4 is 4.74 Å². The maximum absolute atomic E-state index is 12.5. The van der Waals surface area contributed by atoms with Gasteiger partial charge in [0.1, 0.15) is 5.75 Å². The van der Waals surface area contributed by atoms with Crippen molar-refractivity contribution in [3.8, 4) is 5.75 Å². The van der Waals surface area contributed by atoms with Crippen molar-refractivity contribution in [3.05, 3.63) is 29.3 Å². The van der Waals surface area contributed by atoms with Gasteiger partial charge in [-0.1, -0.05) is 6.07 Å². The number of ether oxygens (including phenoxy) is 1. The lowest BCUT2D eigenvalue weighted by Gasteiger charge is -2.13. The Morgan fingerprint density at radius 2 is 1.88 bits per heavy atom. The van der Waals surface area contributed by atoms with Crippen LogP contribution in [0.1, 0.15) is 15.9 Å². The Morgan fingerprint density at radius 3 is 2.29 bits per heavy atom. The Bertz CT molecular complexity index is 465. The lowest BCUT2D eigenvalue weighted by molar-refractivity contribution is -0.139. The van der Waals surface area contributed by atoms with Gasteiger partial charge in [0.2, 0.25) is 0 Å². The molecule has 0 heterocycles. The molecule has 17 heavy (non-hydrogen) atoms. The summed E-state index contributed by atoms with van der Waals surface area (Å²) in [6, 6.07) is 2.61. The Morgan fingerprint density at radius 1 is 1.29 bits per heavy atom. The molecule has 1 aromatic rings. The maximum atomic E-state index is 12.5. The number of carbonyl (C=O) groups excluding carboxylic acids is 1. The number of Topliss-reactive ketones (excluding diaryl/α,β-unsaturated/α-hetero) is 1. The molecule has 0 aliphatic heterocycles. The monoisotopic (exact) mass is 248 g/mol. The van der Waals surface area contributed by atoms with Crippen molar-refractivity contribution in [2.75, 3.05) is 7.11 Å². The molecule has 0 bridgehead atoms. The zero-order valence-electron chi connectivity index (χ0n) is 8.54. The SMILES string of the molecule is COc1c(C(=O)C(=O)O)cccc1C(F)(F)F. The van der Waals surface area contributed by atoms with E-state index in [2.05, 4.69) is 4.74 Å². The van der Waals surface area contributed by atoms with Crippen LogP contribution >= 0.6 is 0 Å². The van der Waals surface area contributed by atoms with E-state index in [9.17, 15) is 22.8 Å². The molecule has 1 rings (SSSR count). The molecule has 0 saturated heterocycles. The number of hydrogen-bond acceptors (Lipinski definition) is 3. The second-order valence-corrected chi connectivity index (χ2v) is 3.02. The highest BCUT2D eigenvalue weighted by molar-refractivity contribution is 6.40. The van der Waals surface area contributed by atoms with E-state index in [4.69, 9.17) is 5.11 Å². The number of carboxylic acid groups (broad SMARTS) is 1. The topological polar surface area (TPSA) is 63.6 Å². The lowest BCUT2D eigenvalue weighted by Crippen LogP contribution is -2.16. The number of carbonyl (C=O) groups is 2. The van der Waals surface area contributed by atoms with Crippen LogP contribution in [0.15, 0.2) is 18.2 Å². The van der Waals surface area contributed by atoms with Crippen molar-refractivity contribution in [3.63, 3.8) is 0 Å². The molecular formula is C10H7F3O4. The summed E-state index contributed by atoms with van der Waals surface area (Å²) in [5, 5.41) is 8.46. The van der Waals surface area contributed by atoms with Crippen molar-refractivity contribution in [2.45, 2.75) is 6.18 Å². The van der Waals surface area contributed by atoms with Crippen LogP contribution in [0.5, 0.6) is 5.75 Å². The van der Waals surface area contributed by atoms with Crippen LogP contribution in [0.2, 0.25) is 0 Å². The van der Waals surface area contributed by atoms with Crippen LogP contribution in [-0.4, -0.2) is 24.0 Å². The predicted molar refractivity (Wildman–Crippen MR) is 50.0 cm³/mol. The van der Waals surface area contributed by atoms with Gasteiger partial charge in [-0.05, 0) is 12.1 Å². The minimum Gasteiger partial charge on any atom is -0.495 e. The highest BCUT2D eigenvalue weighted by atomic mass is 19.4. The van der Waals surface area contributed by atoms with Gasteiger partial charge in [0.15, 0.2) is 0 Å². The fourth-order valence-electron chi connectivity index (χ4n) is 1.27. The highest BCUT2D eigenvalue weighted by Gasteiger charge is 2.36. The summed E-state index contributed by atoms with van der Waals surface area (Å²) in [6.07, 6.45) is -4.72. The summed E-state index contributed by atoms with van der Waals surface area (Å²) in [5.41, 5.74) is -1.82. The second kappa shape index (κ2) is 4.44. The molecule has 0 unspecified atom stereocenters. The van der Waals surface area contributed by atoms with Gasteiger partial charge in [-0.3, -0.25) is 4.79 Å². The molecular weight excluding hydrogens is 241 g/mol. The van der Waals surface area contributed by atoms with E-state index in [-0.39, 0.29) is 0 Å². The van der Waals surface area contributed by atoms with Crippen LogP contribution in [0, 0.1) is 0 Å². The van der Waals surface area contributed by atoms with Gasteiger partial charge in [-0.25, -0.2) is 4.79 Å². The summed E-state index contributed by atoms with van der Waals surface area (Å²) in [7, 11) is 0.934. The molecule has 0 aliphatic carbocycles. The fourth-order valence-corrected chi connectivity index (χ4v) is 1.27. The van der Waals surface area contributed by atoms with Gasteiger partial charge in [0.05, 0.1) is 18.2 Å². The molecule has 4 nitrogen and oxygen atoms in total. The summed E-state index contributed by atoms with van der Waals surface area (Å²) < 4.78 is 42.1. The Hall–Kier alpha value is -2.05. The van der Waals surface area contributed by atoms with Crippen LogP contribution in [0.4, 0.5) is 13.2 Å². The third-order valence-corrected chi connectivity index (χ3v) is 1.96. The quantitative estimate of drug-likeness (QED) is 0.656. The molecule has 0 spiro atoms. The summed E-state index contributed by atoms with van der Waals surface area (Å²) >= 11 is 0. The number of rotatable bonds is 3. The number of benzene rings is 1. The minimum atomic E-state index is -4.72. The molecule has 0 radical (unpaired) electrons. The molecule has 1 aromatic carbocycles. The van der Waals surface area contributed by atoms with E-state index in [1.807, 2.05) is 0 Å². The van der Waals surface area contributed by atoms with Crippen LogP contribution in [0.25, 0.3) is 0 Å². The van der Waals surface area contributed by atoms with E-state index >= 15 is 0 Å². The fraction of sp³-hybridized carbons (Fsp3) is 0.200. The number of para-hydroxylation sites is 1. The molecule has 0 aliphatic rings. The number of hydrogen-bond donors (Lipinski definition) is 1. The number of methoxy groups -OCH3 is 1. The largest absolute Gasteiger partial charge is 0.495 e. The van der Waals surface area contributed by atoms with Gasteiger partial charge in [-0.15, -0.1) is 0 Å². The standard InChI is InChI=1S/C10H7F3O4/c1-17-8-5(7(14)9(15)16)3-2-4-6(8)10(11,12)13/h2-4H,1H3,(H,15,16). The van der Waals surface area contributed by atoms with E-state index in [1.165, 1.54) is 0 Å². The van der Waals surface area contributed by atoms with Crippen molar-refractivity contribution in [1.29, 1.82) is 0 Å². The number of aliphatic carboxylic acids is 1. The first-order valence-electron chi connectivity index (χ1n) is 4.31. The average Bonchev–Trinajstić information content (AvgIpc) is 2.25. The first kappa shape index (κ1) is 13.0. The first-order valence-corrected chi connectivity index (χ1v) is 4.31. The predicted octanol–water partition coefficient (Wildman–Crippen LogP) is 1.98. The minimum absolute atomic E-state index is 0.630. The normalized spacial score (nSPS) is 11.1. The van der Waals surface area contributed by atoms with Crippen molar-refractivity contribution < 1.29 is 32.6 Å². The van der Waals surface area contributed by atoms with Crippen molar-refractivity contribution >= 4 is 11.8 Å². The maximum Gasteiger partial charge on any atom is 0.419 e. The molecule has 0 fully saturated rings. The Kier molecular flexibility index (Phi) is 3.40. The molecule has 7 heteroatoms. The zero-order valence-corrected chi connectivity index (χ0v) is 8.54. The van der Waals surface area contributed by atoms with Gasteiger partial charge in [0.25, 0.3) is 5.78 Å². The molecule has 0 amide bonds. The van der Waals surface area contributed by atoms with Gasteiger partial charge < -0.3 is 9.84 Å². The second-order valence-electron chi connectivity index (χ2n) is 3.02. The third-order valence-electron chi connectivity index (χ3n) is 1.96. The molecule has 0 saturated carbocycles. The molecule has 92 valence electrons. The van der Waals surface area contributed by atoms with Crippen molar-refractivity contribution in [1.82, 2.24) is 0 Å². The number of carboxylic acids is 1. The van der Waals surface area contributed by atoms with Crippen LogP contribution in [-0.2, 0) is 11.0 Å². The first-order chi connectivity index (χ1) is 7.79. The Labute approximate surface area is 93.6 Å². The summed E-state index contributed by atoms with van der Waals surface area (Å²) in [5.74, 6) is -4.08. The molecule has 0 atom stereocenters. The van der Waals surface area contributed by atoms with E-state index < -0.39 is 34.8 Å². The smallest absolute Gasteiger partial charge is 0.419 e. The number of alkyl halides is 3. The molecule has 0 aromatic heterocycles. The number of halogens is 3. The zero-order chi connectivity index (χ0) is 13.2. The van der Waals surface area contributed by atoms with E-state index in [1.54, 1.807) is 0 Å². The Balaban J connectivity index is 3.44. The lowest BCUT2D eigenvalue weighted by atomic mass is 10.0. The van der Waals surface area contributed by atoms with E-state index in [0.717, 1.165) is 19.2 Å². The average molecular weight is 248 g/mol. The highest BCUT2D eigenvalue weighted by Crippen LogP contribution is 2.38. The van der Waals surface area contributed by atoms with Gasteiger partial charge >= 0.3 is 12.1 Å². The summed E-state index contributed by atoms with van der Waals surface area (Å²) in [6.45, 7) is 0. The number of ketones is 1. The van der Waals surface area contributed by atoms with E-state index in [0.29, 0.717) is 6.07 Å². The molecule has 1 N–H and O–H groups in total.